The van der Waals surface area contributed by atoms with Crippen LogP contribution < -0.4 is 0 Å². The lowest BCUT2D eigenvalue weighted by atomic mass is 10.2. The maximum atomic E-state index is 10.4. The van der Waals surface area contributed by atoms with Crippen LogP contribution >= 0.6 is 19.5 Å². The molecule has 0 aromatic heterocycles. The quantitative estimate of drug-likeness (QED) is 0.170. The van der Waals surface area contributed by atoms with Gasteiger partial charge in [0.05, 0.1) is 0 Å². The summed E-state index contributed by atoms with van der Waals surface area (Å²) in [6.45, 7) is 1.04. The van der Waals surface area contributed by atoms with E-state index in [4.69, 9.17) is 10.1 Å². The molecule has 13 heavy (non-hydrogen) atoms. The fraction of sp³-hybridized carbons (Fsp3) is 1.00. The molecule has 0 aliphatic carbocycles. The zero-order valence-electron chi connectivity index (χ0n) is 7.30. The summed E-state index contributed by atoms with van der Waals surface area (Å²) in [6, 6.07) is 0. The fourth-order valence-corrected chi connectivity index (χ4v) is 1.36. The van der Waals surface area contributed by atoms with Crippen molar-refractivity contribution >= 4 is 19.5 Å². The second kappa shape index (κ2) is 9.81. The largest absolute Gasteiger partial charge is 0.582 e. The Morgan fingerprint density at radius 1 is 1.38 bits per heavy atom. The van der Waals surface area contributed by atoms with Crippen LogP contribution in [0.3, 0.4) is 0 Å². The van der Waals surface area contributed by atoms with Crippen LogP contribution in [0.4, 0.5) is 0 Å². The molecule has 0 fully saturated rings. The highest BCUT2D eigenvalue weighted by Gasteiger charge is 2.07. The molecule has 0 aromatic rings. The Balaban J connectivity index is 2.99. The second-order valence-corrected chi connectivity index (χ2v) is 4.15. The highest BCUT2D eigenvalue weighted by atomic mass is 32.7. The molecule has 0 aliphatic heterocycles. The van der Waals surface area contributed by atoms with Crippen molar-refractivity contribution < 1.29 is 9.09 Å². The third-order valence-corrected chi connectivity index (χ3v) is 2.17. The predicted molar refractivity (Wildman–Crippen MR) is 55.0 cm³/mol. The average Bonchev–Trinajstić information content (AvgIpc) is 2.09. The smallest absolute Gasteiger partial charge is 0.136 e. The number of thiol groups is 1. The topological polar surface area (TPSA) is 75.1 Å². The van der Waals surface area contributed by atoms with E-state index in [1.807, 2.05) is 0 Å². The summed E-state index contributed by atoms with van der Waals surface area (Å²) < 4.78 is 15.1. The summed E-state index contributed by atoms with van der Waals surface area (Å²) in [5.74, 6) is 0. The molecule has 0 N–H and O–H groups in total. The van der Waals surface area contributed by atoms with Crippen molar-refractivity contribution in [2.75, 3.05) is 13.2 Å². The van der Waals surface area contributed by atoms with Crippen LogP contribution in [0.2, 0.25) is 0 Å². The normalized spacial score (nSPS) is 10.7. The van der Waals surface area contributed by atoms with Gasteiger partial charge in [0.2, 0.25) is 0 Å². The first kappa shape index (κ1) is 12.7. The zero-order valence-corrected chi connectivity index (χ0v) is 9.08. The van der Waals surface area contributed by atoms with Gasteiger partial charge in [0.25, 0.3) is 0 Å². The minimum absolute atomic E-state index is 0.486. The van der Waals surface area contributed by atoms with Crippen molar-refractivity contribution in [1.82, 2.24) is 0 Å². The summed E-state index contributed by atoms with van der Waals surface area (Å²) in [7, 11) is -1.75. The lowest BCUT2D eigenvalue weighted by Crippen LogP contribution is -1.87. The van der Waals surface area contributed by atoms with Crippen LogP contribution in [0.1, 0.15) is 25.7 Å². The summed E-state index contributed by atoms with van der Waals surface area (Å²) in [5.41, 5.74) is 7.97. The first-order valence-electron chi connectivity index (χ1n) is 4.07. The molecule has 0 amide bonds. The molecule has 1 unspecified atom stereocenters. The summed E-state index contributed by atoms with van der Waals surface area (Å²) in [6.07, 6.45) is 3.78. The van der Waals surface area contributed by atoms with Gasteiger partial charge in [-0.05, 0) is 22.9 Å². The van der Waals surface area contributed by atoms with E-state index in [0.29, 0.717) is 13.2 Å². The van der Waals surface area contributed by atoms with Gasteiger partial charge < -0.3 is 0 Å². The maximum Gasteiger partial charge on any atom is 0.582 e. The van der Waals surface area contributed by atoms with Crippen molar-refractivity contribution in [2.45, 2.75) is 25.7 Å². The molecule has 0 radical (unpaired) electrons. The molecule has 0 rings (SSSR count). The van der Waals surface area contributed by atoms with Gasteiger partial charge in [0.1, 0.15) is 18.9 Å². The molecule has 7 heteroatoms. The zero-order chi connectivity index (χ0) is 9.94. The van der Waals surface area contributed by atoms with E-state index >= 15 is 0 Å². The molecular weight excluding hydrogens is 209 g/mol. The van der Waals surface area contributed by atoms with Gasteiger partial charge >= 0.3 is 7.23 Å². The minimum Gasteiger partial charge on any atom is -0.136 e. The summed E-state index contributed by atoms with van der Waals surface area (Å²) >= 11 is 3.60. The van der Waals surface area contributed by atoms with Crippen LogP contribution in [0.5, 0.6) is 0 Å². The molecule has 0 bridgehead atoms. The lowest BCUT2D eigenvalue weighted by Gasteiger charge is -1.94. The Bertz CT molecular complexity index is 190. The molecule has 0 aliphatic rings. The Morgan fingerprint density at radius 3 is 2.69 bits per heavy atom. The van der Waals surface area contributed by atoms with Crippen molar-refractivity contribution in [3.05, 3.63) is 10.4 Å². The highest BCUT2D eigenvalue weighted by molar-refractivity contribution is 8.39. The molecule has 0 heterocycles. The van der Waals surface area contributed by atoms with Gasteiger partial charge in [-0.25, -0.2) is 0 Å². The Morgan fingerprint density at radius 2 is 2.08 bits per heavy atom. The molecule has 0 aromatic carbocycles. The molecule has 1 atom stereocenters. The van der Waals surface area contributed by atoms with Crippen LogP contribution in [0, 0.1) is 0 Å². The lowest BCUT2D eigenvalue weighted by molar-refractivity contribution is 0.325. The maximum absolute atomic E-state index is 10.4. The Hall–Kier alpha value is -0.280. The van der Waals surface area contributed by atoms with E-state index in [-0.39, 0.29) is 0 Å². The number of hydrogen-bond donors (Lipinski definition) is 1. The molecule has 0 saturated carbocycles. The molecule has 0 spiro atoms. The first-order chi connectivity index (χ1) is 6.27. The number of unbranched alkanes of at least 4 members (excludes halogenated alkanes) is 3. The number of azide groups is 1. The van der Waals surface area contributed by atoms with E-state index in [1.54, 1.807) is 0 Å². The fourth-order valence-electron chi connectivity index (χ4n) is 0.825. The average molecular weight is 222 g/mol. The van der Waals surface area contributed by atoms with Gasteiger partial charge in [-0.15, -0.1) is 4.52 Å². The van der Waals surface area contributed by atoms with E-state index in [2.05, 4.69) is 22.3 Å². The first-order valence-corrected chi connectivity index (χ1v) is 6.40. The molecule has 0 saturated heterocycles. The van der Waals surface area contributed by atoms with Crippen LogP contribution in [-0.2, 0) is 9.09 Å². The van der Waals surface area contributed by atoms with Gasteiger partial charge in [-0.2, -0.15) is 0 Å². The second-order valence-electron chi connectivity index (χ2n) is 2.44. The van der Waals surface area contributed by atoms with Crippen molar-refractivity contribution in [1.29, 1.82) is 0 Å². The van der Waals surface area contributed by atoms with Crippen LogP contribution in [0.25, 0.3) is 10.4 Å². The standard InChI is InChI=1S/C6H12N3O2PS/c7-9-8-5-3-1-2-4-6-11-12(10)13/h1-6H2/p+1. The van der Waals surface area contributed by atoms with Gasteiger partial charge in [0, 0.05) is 11.5 Å². The van der Waals surface area contributed by atoms with E-state index in [1.165, 1.54) is 0 Å². The van der Waals surface area contributed by atoms with Crippen molar-refractivity contribution in [2.24, 2.45) is 5.11 Å². The van der Waals surface area contributed by atoms with Crippen molar-refractivity contribution in [3.8, 4) is 0 Å². The monoisotopic (exact) mass is 222 g/mol. The summed E-state index contributed by atoms with van der Waals surface area (Å²) in [4.78, 5) is 2.64. The molecular formula is C6H13N3O2PS+. The summed E-state index contributed by atoms with van der Waals surface area (Å²) in [5, 5.41) is 3.41. The van der Waals surface area contributed by atoms with Gasteiger partial charge in [0.15, 0.2) is 0 Å². The van der Waals surface area contributed by atoms with Crippen LogP contribution in [0.15, 0.2) is 5.11 Å². The number of nitrogens with zero attached hydrogens (tertiary/aromatic N) is 3. The Labute approximate surface area is 83.5 Å². The van der Waals surface area contributed by atoms with Crippen molar-refractivity contribution in [3.63, 3.8) is 0 Å². The third-order valence-electron chi connectivity index (χ3n) is 1.42. The van der Waals surface area contributed by atoms with Gasteiger partial charge in [-0.3, -0.25) is 0 Å². The van der Waals surface area contributed by atoms with Gasteiger partial charge in [-0.1, -0.05) is 18.0 Å². The Kier molecular flexibility index (Phi) is 9.59. The SMILES string of the molecule is [N-]=[N+]=NCCCCCCO[P+](=O)S. The molecule has 5 nitrogen and oxygen atoms in total. The number of hydrogen-bond acceptors (Lipinski definition) is 3. The van der Waals surface area contributed by atoms with Crippen LogP contribution in [-0.4, -0.2) is 13.2 Å². The van der Waals surface area contributed by atoms with E-state index in [9.17, 15) is 4.57 Å². The predicted octanol–water partition coefficient (Wildman–Crippen LogP) is 3.46. The minimum atomic E-state index is -1.75. The van der Waals surface area contributed by atoms with E-state index < -0.39 is 7.23 Å². The van der Waals surface area contributed by atoms with E-state index in [0.717, 1.165) is 25.7 Å². The third kappa shape index (κ3) is 11.7. The number of rotatable bonds is 8. The highest BCUT2D eigenvalue weighted by Crippen LogP contribution is 2.26. The molecule has 74 valence electrons.